The molecule has 0 bridgehead atoms. The van der Waals surface area contributed by atoms with Crippen molar-refractivity contribution in [2.75, 3.05) is 31.4 Å². The fourth-order valence-electron chi connectivity index (χ4n) is 1.44. The quantitative estimate of drug-likeness (QED) is 0.552. The number of halogens is 1. The minimum atomic E-state index is 0.189. The maximum absolute atomic E-state index is 11.5. The lowest BCUT2D eigenvalue weighted by molar-refractivity contribution is -0.120. The Kier molecular flexibility index (Phi) is 7.22. The second kappa shape index (κ2) is 8.25. The van der Waals surface area contributed by atoms with Crippen LogP contribution in [0.5, 0.6) is 0 Å². The molecular weight excluding hydrogens is 234 g/mol. The van der Waals surface area contributed by atoms with Crippen molar-refractivity contribution in [3.05, 3.63) is 0 Å². The van der Waals surface area contributed by atoms with Crippen molar-refractivity contribution in [3.8, 4) is 0 Å². The molecule has 1 heterocycles. The van der Waals surface area contributed by atoms with Crippen LogP contribution in [0.4, 0.5) is 0 Å². The van der Waals surface area contributed by atoms with Gasteiger partial charge in [-0.3, -0.25) is 4.79 Å². The molecule has 0 saturated carbocycles. The number of hydrogen-bond donors (Lipinski definition) is 1. The Morgan fingerprint density at radius 2 is 2.40 bits per heavy atom. The van der Waals surface area contributed by atoms with Gasteiger partial charge in [-0.25, -0.2) is 0 Å². The predicted octanol–water partition coefficient (Wildman–Crippen LogP) is 1.64. The summed E-state index contributed by atoms with van der Waals surface area (Å²) < 4.78 is 5.20. The van der Waals surface area contributed by atoms with Crippen LogP contribution < -0.4 is 5.32 Å². The van der Waals surface area contributed by atoms with Gasteiger partial charge in [0.1, 0.15) is 0 Å². The Morgan fingerprint density at radius 3 is 3.07 bits per heavy atom. The monoisotopic (exact) mass is 251 g/mol. The third-order valence-electron chi connectivity index (χ3n) is 2.21. The predicted molar refractivity (Wildman–Crippen MR) is 64.6 cm³/mol. The second-order valence-corrected chi connectivity index (χ2v) is 5.14. The first-order valence-electron chi connectivity index (χ1n) is 5.37. The Hall–Kier alpha value is 0.0700. The van der Waals surface area contributed by atoms with Gasteiger partial charge in [0.15, 0.2) is 0 Å². The third-order valence-corrected chi connectivity index (χ3v) is 3.74. The van der Waals surface area contributed by atoms with Gasteiger partial charge in [0, 0.05) is 19.0 Å². The topological polar surface area (TPSA) is 38.3 Å². The highest BCUT2D eigenvalue weighted by Gasteiger charge is 2.22. The standard InChI is InChI=1S/C10H18ClNO2S/c11-4-7-14-6-2-5-12-10(13)9-3-1-8-15-9/h9H,1-8H2,(H,12,13). The number of hydrogen-bond acceptors (Lipinski definition) is 3. The van der Waals surface area contributed by atoms with Crippen LogP contribution in [0.2, 0.25) is 0 Å². The fourth-order valence-corrected chi connectivity index (χ4v) is 2.74. The van der Waals surface area contributed by atoms with E-state index in [9.17, 15) is 4.79 Å². The van der Waals surface area contributed by atoms with E-state index in [1.165, 1.54) is 6.42 Å². The highest BCUT2D eigenvalue weighted by Crippen LogP contribution is 2.25. The van der Waals surface area contributed by atoms with Gasteiger partial charge in [0.2, 0.25) is 5.91 Å². The zero-order valence-corrected chi connectivity index (χ0v) is 10.4. The summed E-state index contributed by atoms with van der Waals surface area (Å²) in [4.78, 5) is 11.5. The SMILES string of the molecule is O=C(NCCCOCCCl)C1CCCS1. The van der Waals surface area contributed by atoms with Crippen LogP contribution in [0.3, 0.4) is 0 Å². The number of amides is 1. The van der Waals surface area contributed by atoms with Crippen molar-refractivity contribution in [2.24, 2.45) is 0 Å². The van der Waals surface area contributed by atoms with Crippen LogP contribution in [0.15, 0.2) is 0 Å². The molecule has 1 N–H and O–H groups in total. The minimum Gasteiger partial charge on any atom is -0.380 e. The Morgan fingerprint density at radius 1 is 1.53 bits per heavy atom. The molecule has 1 amide bonds. The highest BCUT2D eigenvalue weighted by atomic mass is 35.5. The average Bonchev–Trinajstić information content (AvgIpc) is 2.76. The molecule has 1 aliphatic heterocycles. The number of rotatable bonds is 7. The molecule has 1 rings (SSSR count). The lowest BCUT2D eigenvalue weighted by atomic mass is 10.2. The van der Waals surface area contributed by atoms with E-state index in [0.29, 0.717) is 25.6 Å². The van der Waals surface area contributed by atoms with Gasteiger partial charge >= 0.3 is 0 Å². The van der Waals surface area contributed by atoms with Crippen molar-refractivity contribution in [1.29, 1.82) is 0 Å². The van der Waals surface area contributed by atoms with Crippen LogP contribution in [0, 0.1) is 0 Å². The van der Waals surface area contributed by atoms with Crippen molar-refractivity contribution in [2.45, 2.75) is 24.5 Å². The van der Waals surface area contributed by atoms with Gasteiger partial charge in [0.05, 0.1) is 11.9 Å². The van der Waals surface area contributed by atoms with Gasteiger partial charge in [-0.1, -0.05) is 0 Å². The van der Waals surface area contributed by atoms with Gasteiger partial charge in [-0.2, -0.15) is 0 Å². The van der Waals surface area contributed by atoms with Gasteiger partial charge in [-0.05, 0) is 25.0 Å². The molecular formula is C10H18ClNO2S. The van der Waals surface area contributed by atoms with Crippen LogP contribution >= 0.6 is 23.4 Å². The van der Waals surface area contributed by atoms with E-state index in [4.69, 9.17) is 16.3 Å². The first-order chi connectivity index (χ1) is 7.34. The molecule has 88 valence electrons. The molecule has 1 unspecified atom stereocenters. The van der Waals surface area contributed by atoms with E-state index < -0.39 is 0 Å². The molecule has 0 aromatic heterocycles. The molecule has 0 spiro atoms. The molecule has 5 heteroatoms. The lowest BCUT2D eigenvalue weighted by Crippen LogP contribution is -2.32. The lowest BCUT2D eigenvalue weighted by Gasteiger charge is -2.09. The van der Waals surface area contributed by atoms with E-state index in [0.717, 1.165) is 18.6 Å². The molecule has 15 heavy (non-hydrogen) atoms. The third kappa shape index (κ3) is 5.64. The van der Waals surface area contributed by atoms with E-state index in [1.807, 2.05) is 0 Å². The van der Waals surface area contributed by atoms with Crippen LogP contribution in [0.1, 0.15) is 19.3 Å². The highest BCUT2D eigenvalue weighted by molar-refractivity contribution is 8.00. The number of nitrogens with one attached hydrogen (secondary N) is 1. The fraction of sp³-hybridized carbons (Fsp3) is 0.900. The number of alkyl halides is 1. The largest absolute Gasteiger partial charge is 0.380 e. The van der Waals surface area contributed by atoms with Crippen LogP contribution in [-0.2, 0) is 9.53 Å². The average molecular weight is 252 g/mol. The van der Waals surface area contributed by atoms with E-state index in [2.05, 4.69) is 5.32 Å². The number of carbonyl (C=O) groups excluding carboxylic acids is 1. The van der Waals surface area contributed by atoms with E-state index in [-0.39, 0.29) is 11.2 Å². The molecule has 0 radical (unpaired) electrons. The number of thioether (sulfide) groups is 1. The first kappa shape index (κ1) is 13.1. The number of ether oxygens (including phenoxy) is 1. The van der Waals surface area contributed by atoms with Crippen molar-refractivity contribution < 1.29 is 9.53 Å². The first-order valence-corrected chi connectivity index (χ1v) is 6.96. The maximum Gasteiger partial charge on any atom is 0.233 e. The molecule has 1 aliphatic rings. The van der Waals surface area contributed by atoms with E-state index >= 15 is 0 Å². The summed E-state index contributed by atoms with van der Waals surface area (Å²) in [5, 5.41) is 3.12. The van der Waals surface area contributed by atoms with Gasteiger partial charge in [0.25, 0.3) is 0 Å². The number of carbonyl (C=O) groups is 1. The summed E-state index contributed by atoms with van der Waals surface area (Å²) in [7, 11) is 0. The van der Waals surface area contributed by atoms with Crippen LogP contribution in [-0.4, -0.2) is 42.5 Å². The maximum atomic E-state index is 11.5. The minimum absolute atomic E-state index is 0.189. The molecule has 0 aliphatic carbocycles. The normalized spacial score (nSPS) is 20.5. The summed E-state index contributed by atoms with van der Waals surface area (Å²) in [6.07, 6.45) is 3.06. The summed E-state index contributed by atoms with van der Waals surface area (Å²) in [6.45, 7) is 1.97. The molecule has 0 aromatic carbocycles. The summed E-state index contributed by atoms with van der Waals surface area (Å²) >= 11 is 7.22. The summed E-state index contributed by atoms with van der Waals surface area (Å²) in [5.74, 6) is 1.84. The van der Waals surface area contributed by atoms with Crippen LogP contribution in [0.25, 0.3) is 0 Å². The molecule has 1 fully saturated rings. The van der Waals surface area contributed by atoms with Crippen molar-refractivity contribution in [3.63, 3.8) is 0 Å². The van der Waals surface area contributed by atoms with E-state index in [1.54, 1.807) is 11.8 Å². The van der Waals surface area contributed by atoms with Crippen molar-refractivity contribution >= 4 is 29.3 Å². The Labute approximate surface area is 100 Å². The Balaban J connectivity index is 1.92. The zero-order valence-electron chi connectivity index (χ0n) is 8.84. The Bertz CT molecular complexity index is 186. The summed E-state index contributed by atoms with van der Waals surface area (Å²) in [6, 6.07) is 0. The molecule has 1 atom stereocenters. The second-order valence-electron chi connectivity index (χ2n) is 3.45. The molecule has 1 saturated heterocycles. The van der Waals surface area contributed by atoms with Crippen molar-refractivity contribution in [1.82, 2.24) is 5.32 Å². The molecule has 3 nitrogen and oxygen atoms in total. The van der Waals surface area contributed by atoms with Gasteiger partial charge < -0.3 is 10.1 Å². The summed E-state index contributed by atoms with van der Waals surface area (Å²) in [5.41, 5.74) is 0. The smallest absolute Gasteiger partial charge is 0.233 e. The zero-order chi connectivity index (χ0) is 10.9. The molecule has 0 aromatic rings. The van der Waals surface area contributed by atoms with Gasteiger partial charge in [-0.15, -0.1) is 23.4 Å².